The van der Waals surface area contributed by atoms with Crippen LogP contribution >= 0.6 is 0 Å². The van der Waals surface area contributed by atoms with E-state index in [4.69, 9.17) is 4.74 Å². The summed E-state index contributed by atoms with van der Waals surface area (Å²) in [5.74, 6) is 0.510. The fourth-order valence-electron chi connectivity index (χ4n) is 2.68. The monoisotopic (exact) mass is 330 g/mol. The maximum atomic E-state index is 12.3. The van der Waals surface area contributed by atoms with Crippen LogP contribution in [0.5, 0.6) is 0 Å². The van der Waals surface area contributed by atoms with Gasteiger partial charge in [-0.1, -0.05) is 13.8 Å². The number of sulfonamides is 1. The summed E-state index contributed by atoms with van der Waals surface area (Å²) in [5.41, 5.74) is 0. The van der Waals surface area contributed by atoms with Crippen molar-refractivity contribution < 1.29 is 13.2 Å². The second kappa shape index (κ2) is 7.54. The van der Waals surface area contributed by atoms with Crippen LogP contribution in [-0.4, -0.2) is 62.0 Å². The smallest absolute Gasteiger partial charge is 0.243 e. The summed E-state index contributed by atoms with van der Waals surface area (Å²) < 4.78 is 34.2. The van der Waals surface area contributed by atoms with Crippen LogP contribution in [0, 0.1) is 5.92 Å². The minimum absolute atomic E-state index is 0.190. The Labute approximate surface area is 132 Å². The number of ether oxygens (including phenoxy) is 1. The van der Waals surface area contributed by atoms with Gasteiger partial charge in [-0.25, -0.2) is 13.1 Å². The van der Waals surface area contributed by atoms with Crippen LogP contribution in [0.4, 0.5) is 0 Å². The van der Waals surface area contributed by atoms with Crippen LogP contribution in [0.3, 0.4) is 0 Å². The maximum absolute atomic E-state index is 12.3. The topological polar surface area (TPSA) is 76.5 Å². The molecule has 8 heteroatoms. The number of aromatic nitrogens is 2. The van der Waals surface area contributed by atoms with Crippen molar-refractivity contribution in [3.8, 4) is 0 Å². The third-order valence-electron chi connectivity index (χ3n) is 3.81. The number of nitrogens with zero attached hydrogens (tertiary/aromatic N) is 3. The van der Waals surface area contributed by atoms with E-state index in [1.54, 1.807) is 7.05 Å². The molecule has 1 N–H and O–H groups in total. The number of nitrogens with one attached hydrogen (secondary N) is 1. The van der Waals surface area contributed by atoms with Gasteiger partial charge in [0.1, 0.15) is 4.90 Å². The van der Waals surface area contributed by atoms with Crippen LogP contribution in [0.15, 0.2) is 17.3 Å². The first-order chi connectivity index (χ1) is 10.4. The van der Waals surface area contributed by atoms with Gasteiger partial charge in [-0.2, -0.15) is 5.10 Å². The van der Waals surface area contributed by atoms with E-state index >= 15 is 0 Å². The van der Waals surface area contributed by atoms with Gasteiger partial charge < -0.3 is 4.74 Å². The van der Waals surface area contributed by atoms with E-state index in [-0.39, 0.29) is 10.9 Å². The normalized spacial score (nSPS) is 18.7. The lowest BCUT2D eigenvalue weighted by atomic mass is 10.0. The fraction of sp³-hybridized carbons (Fsp3) is 0.786. The van der Waals surface area contributed by atoms with Gasteiger partial charge in [0, 0.05) is 38.9 Å². The Kier molecular flexibility index (Phi) is 5.96. The van der Waals surface area contributed by atoms with E-state index in [2.05, 4.69) is 28.6 Å². The molecule has 1 aromatic rings. The van der Waals surface area contributed by atoms with Gasteiger partial charge in [0.2, 0.25) is 10.0 Å². The van der Waals surface area contributed by atoms with E-state index < -0.39 is 10.0 Å². The predicted molar refractivity (Wildman–Crippen MR) is 84.0 cm³/mol. The van der Waals surface area contributed by atoms with Crippen LogP contribution in [0.2, 0.25) is 0 Å². The van der Waals surface area contributed by atoms with E-state index in [1.807, 2.05) is 0 Å². The Balaban J connectivity index is 2.00. The Morgan fingerprint density at radius 1 is 1.36 bits per heavy atom. The number of aryl methyl sites for hydroxylation is 1. The van der Waals surface area contributed by atoms with Gasteiger partial charge in [0.25, 0.3) is 0 Å². The summed E-state index contributed by atoms with van der Waals surface area (Å²) in [6.45, 7) is 7.85. The van der Waals surface area contributed by atoms with E-state index in [0.29, 0.717) is 25.7 Å². The summed E-state index contributed by atoms with van der Waals surface area (Å²) in [7, 11) is -1.80. The molecule has 126 valence electrons. The quantitative estimate of drug-likeness (QED) is 0.785. The molecule has 1 fully saturated rings. The zero-order valence-corrected chi connectivity index (χ0v) is 14.3. The van der Waals surface area contributed by atoms with Crippen molar-refractivity contribution in [2.24, 2.45) is 13.0 Å². The van der Waals surface area contributed by atoms with Gasteiger partial charge >= 0.3 is 0 Å². The Morgan fingerprint density at radius 3 is 2.59 bits per heavy atom. The molecule has 0 unspecified atom stereocenters. The molecule has 0 saturated carbocycles. The third kappa shape index (κ3) is 4.77. The summed E-state index contributed by atoms with van der Waals surface area (Å²) in [4.78, 5) is 2.52. The number of rotatable bonds is 7. The molecule has 0 radical (unpaired) electrons. The zero-order chi connectivity index (χ0) is 16.2. The summed E-state index contributed by atoms with van der Waals surface area (Å²) in [6.07, 6.45) is 3.83. The Bertz CT molecular complexity index is 564. The molecular formula is C14H26N4O3S. The van der Waals surface area contributed by atoms with Gasteiger partial charge in [-0.05, 0) is 12.3 Å². The SMILES string of the molecule is CC(C)C[C@H](CNS(=O)(=O)c1cnn(C)c1)N1CCOCC1. The van der Waals surface area contributed by atoms with Gasteiger partial charge in [-0.15, -0.1) is 0 Å². The first kappa shape index (κ1) is 17.4. The van der Waals surface area contributed by atoms with E-state index in [0.717, 1.165) is 19.5 Å². The van der Waals surface area contributed by atoms with Crippen molar-refractivity contribution in [2.75, 3.05) is 32.8 Å². The van der Waals surface area contributed by atoms with E-state index in [1.165, 1.54) is 17.1 Å². The first-order valence-corrected chi connectivity index (χ1v) is 9.17. The number of morpholine rings is 1. The lowest BCUT2D eigenvalue weighted by Gasteiger charge is -2.35. The molecule has 0 aliphatic carbocycles. The molecule has 0 aromatic carbocycles. The van der Waals surface area contributed by atoms with Gasteiger partial charge in [-0.3, -0.25) is 9.58 Å². The number of hydrogen-bond acceptors (Lipinski definition) is 5. The summed E-state index contributed by atoms with van der Waals surface area (Å²) in [6, 6.07) is 0.190. The largest absolute Gasteiger partial charge is 0.379 e. The highest BCUT2D eigenvalue weighted by Gasteiger charge is 2.24. The fourth-order valence-corrected chi connectivity index (χ4v) is 3.73. The van der Waals surface area contributed by atoms with Crippen LogP contribution in [0.1, 0.15) is 20.3 Å². The zero-order valence-electron chi connectivity index (χ0n) is 13.5. The summed E-state index contributed by atoms with van der Waals surface area (Å²) in [5, 5.41) is 3.92. The standard InChI is InChI=1S/C14H26N4O3S/c1-12(2)8-13(18-4-6-21-7-5-18)9-16-22(19,20)14-10-15-17(3)11-14/h10-13,16H,4-9H2,1-3H3/t13-/m1/s1. The Hall–Kier alpha value is -0.960. The minimum Gasteiger partial charge on any atom is -0.379 e. The maximum Gasteiger partial charge on any atom is 0.243 e. The highest BCUT2D eigenvalue weighted by molar-refractivity contribution is 7.89. The molecule has 0 amide bonds. The van der Waals surface area contributed by atoms with Crippen LogP contribution < -0.4 is 4.72 Å². The molecule has 0 spiro atoms. The highest BCUT2D eigenvalue weighted by atomic mass is 32.2. The molecule has 0 bridgehead atoms. The molecule has 2 rings (SSSR count). The Morgan fingerprint density at radius 2 is 2.05 bits per heavy atom. The lowest BCUT2D eigenvalue weighted by Crippen LogP contribution is -2.49. The van der Waals surface area contributed by atoms with Gasteiger partial charge in [0.05, 0.1) is 19.4 Å². The third-order valence-corrected chi connectivity index (χ3v) is 5.18. The highest BCUT2D eigenvalue weighted by Crippen LogP contribution is 2.14. The van der Waals surface area contributed by atoms with Crippen molar-refractivity contribution in [2.45, 2.75) is 31.2 Å². The number of hydrogen-bond donors (Lipinski definition) is 1. The van der Waals surface area contributed by atoms with Crippen molar-refractivity contribution >= 4 is 10.0 Å². The van der Waals surface area contributed by atoms with Crippen molar-refractivity contribution in [1.29, 1.82) is 0 Å². The van der Waals surface area contributed by atoms with Crippen molar-refractivity contribution in [1.82, 2.24) is 19.4 Å². The van der Waals surface area contributed by atoms with E-state index in [9.17, 15) is 8.42 Å². The molecule has 1 atom stereocenters. The minimum atomic E-state index is -3.50. The van der Waals surface area contributed by atoms with Crippen LogP contribution in [-0.2, 0) is 21.8 Å². The molecular weight excluding hydrogens is 304 g/mol. The predicted octanol–water partition coefficient (Wildman–Crippen LogP) is 0.445. The average molecular weight is 330 g/mol. The average Bonchev–Trinajstić information content (AvgIpc) is 2.91. The first-order valence-electron chi connectivity index (χ1n) is 7.68. The van der Waals surface area contributed by atoms with Crippen molar-refractivity contribution in [3.63, 3.8) is 0 Å². The second-order valence-corrected chi connectivity index (χ2v) is 7.90. The van der Waals surface area contributed by atoms with Gasteiger partial charge in [0.15, 0.2) is 0 Å². The van der Waals surface area contributed by atoms with Crippen molar-refractivity contribution in [3.05, 3.63) is 12.4 Å². The second-order valence-electron chi connectivity index (χ2n) is 6.13. The molecule has 22 heavy (non-hydrogen) atoms. The lowest BCUT2D eigenvalue weighted by molar-refractivity contribution is 0.0134. The molecule has 1 aliphatic heterocycles. The summed E-state index contributed by atoms with van der Waals surface area (Å²) >= 11 is 0. The molecule has 2 heterocycles. The molecule has 1 aromatic heterocycles. The molecule has 1 aliphatic rings. The molecule has 7 nitrogen and oxygen atoms in total. The van der Waals surface area contributed by atoms with Crippen LogP contribution in [0.25, 0.3) is 0 Å². The molecule has 1 saturated heterocycles.